The standard InChI is InChI=1S/C37H66O8/c1-3-4-13-18-29(38)30(39)20-16-21-32(41)34-23-25-36(45-34)35-24-22-33(44-35)31(40)19-15-12-10-8-6-5-7-9-11-14-17-28-26-27(2)43-37(28)42/h26-27,29-36,38-41H,3-25H2,1-2H3/t27?,29-,30+,31+,32+,33+,34+,35+,36+/m1/s1. The molecule has 0 aromatic rings. The molecule has 2 saturated heterocycles. The smallest absolute Gasteiger partial charge is 0.334 e. The summed E-state index contributed by atoms with van der Waals surface area (Å²) in [6.45, 7) is 4.03. The van der Waals surface area contributed by atoms with Crippen LogP contribution in [0.3, 0.4) is 0 Å². The average Bonchev–Trinajstić information content (AvgIpc) is 3.77. The largest absolute Gasteiger partial charge is 0.455 e. The zero-order valence-corrected chi connectivity index (χ0v) is 28.5. The van der Waals surface area contributed by atoms with Crippen molar-refractivity contribution in [1.29, 1.82) is 0 Å². The molecule has 3 rings (SSSR count). The maximum absolute atomic E-state index is 11.6. The van der Waals surface area contributed by atoms with Gasteiger partial charge in [-0.3, -0.25) is 0 Å². The molecule has 3 aliphatic heterocycles. The molecule has 2 fully saturated rings. The quantitative estimate of drug-likeness (QED) is 0.0634. The lowest BCUT2D eigenvalue weighted by molar-refractivity contribution is -0.139. The molecule has 8 heteroatoms. The Kier molecular flexibility index (Phi) is 18.6. The molecule has 0 aromatic carbocycles. The van der Waals surface area contributed by atoms with Gasteiger partial charge in [0.2, 0.25) is 0 Å². The summed E-state index contributed by atoms with van der Waals surface area (Å²) in [5, 5.41) is 41.8. The number of carbonyl (C=O) groups is 1. The van der Waals surface area contributed by atoms with Crippen LogP contribution in [0, 0.1) is 0 Å². The summed E-state index contributed by atoms with van der Waals surface area (Å²) in [4.78, 5) is 11.6. The van der Waals surface area contributed by atoms with Gasteiger partial charge in [-0.05, 0) is 83.6 Å². The zero-order chi connectivity index (χ0) is 32.4. The van der Waals surface area contributed by atoms with Gasteiger partial charge in [-0.1, -0.05) is 84.0 Å². The number of cyclic esters (lactones) is 1. The lowest BCUT2D eigenvalue weighted by Gasteiger charge is -2.24. The van der Waals surface area contributed by atoms with E-state index in [9.17, 15) is 25.2 Å². The van der Waals surface area contributed by atoms with Crippen LogP contribution in [0.15, 0.2) is 11.6 Å². The Bertz CT molecular complexity index is 833. The van der Waals surface area contributed by atoms with E-state index in [0.717, 1.165) is 82.6 Å². The third kappa shape index (κ3) is 14.3. The number of aliphatic hydroxyl groups is 4. The van der Waals surface area contributed by atoms with Gasteiger partial charge in [0.1, 0.15) is 6.10 Å². The molecule has 4 N–H and O–H groups in total. The van der Waals surface area contributed by atoms with Gasteiger partial charge in [-0.15, -0.1) is 0 Å². The van der Waals surface area contributed by atoms with Crippen molar-refractivity contribution in [3.8, 4) is 0 Å². The van der Waals surface area contributed by atoms with Crippen LogP contribution in [0.2, 0.25) is 0 Å². The summed E-state index contributed by atoms with van der Waals surface area (Å²) in [6, 6.07) is 0. The molecule has 3 heterocycles. The lowest BCUT2D eigenvalue weighted by Crippen LogP contribution is -2.33. The highest BCUT2D eigenvalue weighted by atomic mass is 16.6. The minimum atomic E-state index is -0.729. The van der Waals surface area contributed by atoms with Crippen molar-refractivity contribution in [2.75, 3.05) is 0 Å². The Balaban J connectivity index is 1.14. The van der Waals surface area contributed by atoms with Crippen LogP contribution >= 0.6 is 0 Å². The first-order valence-corrected chi connectivity index (χ1v) is 18.7. The maximum Gasteiger partial charge on any atom is 0.334 e. The van der Waals surface area contributed by atoms with Crippen LogP contribution in [-0.2, 0) is 19.0 Å². The first-order valence-electron chi connectivity index (χ1n) is 18.7. The number of unbranched alkanes of at least 4 members (excludes halogenated alkanes) is 11. The minimum absolute atomic E-state index is 0.0121. The number of ether oxygens (including phenoxy) is 3. The van der Waals surface area contributed by atoms with Crippen LogP contribution in [0.4, 0.5) is 0 Å². The number of carbonyl (C=O) groups excluding carboxylic acids is 1. The fourth-order valence-electron chi connectivity index (χ4n) is 7.29. The Hall–Kier alpha value is -1.03. The lowest BCUT2D eigenvalue weighted by atomic mass is 9.98. The molecular weight excluding hydrogens is 572 g/mol. The molecule has 45 heavy (non-hydrogen) atoms. The molecule has 0 aromatic heterocycles. The molecule has 9 atom stereocenters. The Labute approximate surface area is 273 Å². The first kappa shape index (κ1) is 38.4. The molecule has 0 saturated carbocycles. The molecule has 3 aliphatic rings. The van der Waals surface area contributed by atoms with Gasteiger partial charge in [0.25, 0.3) is 0 Å². The molecule has 0 amide bonds. The van der Waals surface area contributed by atoms with Gasteiger partial charge in [-0.2, -0.15) is 0 Å². The molecule has 1 unspecified atom stereocenters. The normalized spacial score (nSPS) is 27.8. The van der Waals surface area contributed by atoms with Crippen LogP contribution in [0.25, 0.3) is 0 Å². The number of hydrogen-bond acceptors (Lipinski definition) is 8. The number of hydrogen-bond donors (Lipinski definition) is 4. The second-order valence-electron chi connectivity index (χ2n) is 14.2. The maximum atomic E-state index is 11.6. The fourth-order valence-corrected chi connectivity index (χ4v) is 7.29. The molecule has 0 aliphatic carbocycles. The summed E-state index contributed by atoms with van der Waals surface area (Å²) in [6.07, 6.45) is 21.5. The van der Waals surface area contributed by atoms with Crippen molar-refractivity contribution in [3.05, 3.63) is 11.6 Å². The predicted molar refractivity (Wildman–Crippen MR) is 177 cm³/mol. The summed E-state index contributed by atoms with van der Waals surface area (Å²) < 4.78 is 17.6. The molecule has 0 spiro atoms. The van der Waals surface area contributed by atoms with Crippen LogP contribution in [0.1, 0.15) is 162 Å². The van der Waals surface area contributed by atoms with Crippen molar-refractivity contribution in [1.82, 2.24) is 0 Å². The van der Waals surface area contributed by atoms with Crippen molar-refractivity contribution in [3.63, 3.8) is 0 Å². The predicted octanol–water partition coefficient (Wildman–Crippen LogP) is 6.83. The highest BCUT2D eigenvalue weighted by Gasteiger charge is 2.40. The van der Waals surface area contributed by atoms with Crippen LogP contribution < -0.4 is 0 Å². The minimum Gasteiger partial charge on any atom is -0.455 e. The SMILES string of the molecule is CCCCC[C@@H](O)[C@@H](O)CCC[C@H](O)[C@@H]1CC[C@@H]([C@@H]2CC[C@@H]([C@@H](O)CCCCCCCCCCCCC3=CC(C)OC3=O)O2)O1. The molecule has 262 valence electrons. The highest BCUT2D eigenvalue weighted by Crippen LogP contribution is 2.34. The van der Waals surface area contributed by atoms with Crippen molar-refractivity contribution in [2.45, 2.75) is 216 Å². The average molecular weight is 639 g/mol. The van der Waals surface area contributed by atoms with E-state index in [-0.39, 0.29) is 36.5 Å². The van der Waals surface area contributed by atoms with E-state index in [0.29, 0.717) is 25.7 Å². The summed E-state index contributed by atoms with van der Waals surface area (Å²) in [5.74, 6) is -0.129. The molecule has 8 nitrogen and oxygen atoms in total. The van der Waals surface area contributed by atoms with E-state index in [1.807, 2.05) is 13.0 Å². The molecular formula is C37H66O8. The van der Waals surface area contributed by atoms with Gasteiger partial charge in [0.05, 0.1) is 48.8 Å². The summed E-state index contributed by atoms with van der Waals surface area (Å²) >= 11 is 0. The molecule has 0 radical (unpaired) electrons. The first-order chi connectivity index (χ1) is 21.8. The van der Waals surface area contributed by atoms with Gasteiger partial charge in [0, 0.05) is 5.57 Å². The zero-order valence-electron chi connectivity index (χ0n) is 28.5. The fraction of sp³-hybridized carbons (Fsp3) is 0.919. The van der Waals surface area contributed by atoms with Crippen LogP contribution in [0.5, 0.6) is 0 Å². The van der Waals surface area contributed by atoms with E-state index in [4.69, 9.17) is 14.2 Å². The number of esters is 1. The van der Waals surface area contributed by atoms with E-state index in [1.165, 1.54) is 44.9 Å². The Morgan fingerprint density at radius 2 is 1.11 bits per heavy atom. The second kappa shape index (κ2) is 21.8. The van der Waals surface area contributed by atoms with Gasteiger partial charge in [-0.25, -0.2) is 4.79 Å². The van der Waals surface area contributed by atoms with E-state index in [2.05, 4.69) is 6.92 Å². The Morgan fingerprint density at radius 1 is 0.644 bits per heavy atom. The monoisotopic (exact) mass is 638 g/mol. The third-order valence-electron chi connectivity index (χ3n) is 10.2. The van der Waals surface area contributed by atoms with Crippen LogP contribution in [-0.4, -0.2) is 81.3 Å². The van der Waals surface area contributed by atoms with E-state index in [1.54, 1.807) is 0 Å². The van der Waals surface area contributed by atoms with Crippen molar-refractivity contribution in [2.24, 2.45) is 0 Å². The second-order valence-corrected chi connectivity index (χ2v) is 14.2. The summed E-state index contributed by atoms with van der Waals surface area (Å²) in [7, 11) is 0. The van der Waals surface area contributed by atoms with Crippen molar-refractivity contribution >= 4 is 5.97 Å². The van der Waals surface area contributed by atoms with Gasteiger partial charge >= 0.3 is 5.97 Å². The van der Waals surface area contributed by atoms with Gasteiger partial charge < -0.3 is 34.6 Å². The number of rotatable bonds is 25. The highest BCUT2D eigenvalue weighted by molar-refractivity contribution is 5.90. The number of aliphatic hydroxyl groups excluding tert-OH is 4. The van der Waals surface area contributed by atoms with Crippen molar-refractivity contribution < 1.29 is 39.4 Å². The molecule has 0 bridgehead atoms. The van der Waals surface area contributed by atoms with E-state index < -0.39 is 24.4 Å². The third-order valence-corrected chi connectivity index (χ3v) is 10.2. The Morgan fingerprint density at radius 3 is 1.62 bits per heavy atom. The summed E-state index contributed by atoms with van der Waals surface area (Å²) in [5.41, 5.74) is 0.857. The topological polar surface area (TPSA) is 126 Å². The van der Waals surface area contributed by atoms with Gasteiger partial charge in [0.15, 0.2) is 0 Å². The van der Waals surface area contributed by atoms with E-state index >= 15 is 0 Å².